The molecule has 2 aliphatic carbocycles. The number of nitrogens with one attached hydrogen (secondary N) is 1. The maximum Gasteiger partial charge on any atom is 0.259 e. The van der Waals surface area contributed by atoms with Gasteiger partial charge in [0.2, 0.25) is 0 Å². The molecule has 7 atom stereocenters. The van der Waals surface area contributed by atoms with Gasteiger partial charge in [-0.2, -0.15) is 0 Å². The Morgan fingerprint density at radius 1 is 1.28 bits per heavy atom. The molecule has 1 aliphatic heterocycles. The quantitative estimate of drug-likeness (QED) is 0.222. The SMILES string of the molecule is C/C=C/C=C/[C@H]1C=C[C@@H]2C[C@H](C)CC[C@@H]2[C@@]1(C)C(O)=C1C(=O)N[C@@H]([C@@H](C)O)C1=O. The Labute approximate surface area is 173 Å². The normalized spacial score (nSPS) is 40.4. The third-order valence-corrected chi connectivity index (χ3v) is 7.08. The molecule has 0 unspecified atom stereocenters. The maximum absolute atomic E-state index is 12.9. The van der Waals surface area contributed by atoms with Gasteiger partial charge in [0.1, 0.15) is 17.4 Å². The summed E-state index contributed by atoms with van der Waals surface area (Å²) in [7, 11) is 0. The highest BCUT2D eigenvalue weighted by atomic mass is 16.3. The number of hydrogen-bond acceptors (Lipinski definition) is 4. The van der Waals surface area contributed by atoms with E-state index in [9.17, 15) is 19.8 Å². The topological polar surface area (TPSA) is 86.6 Å². The molecule has 2 fully saturated rings. The molecule has 0 radical (unpaired) electrons. The lowest BCUT2D eigenvalue weighted by Gasteiger charge is -2.50. The van der Waals surface area contributed by atoms with Gasteiger partial charge in [0.25, 0.3) is 5.91 Å². The minimum absolute atomic E-state index is 0.132. The zero-order chi connectivity index (χ0) is 21.3. The van der Waals surface area contributed by atoms with Crippen LogP contribution in [0.2, 0.25) is 0 Å². The van der Waals surface area contributed by atoms with E-state index in [1.54, 1.807) is 0 Å². The number of Topliss-reactive ketones (excluding diaryl/α,β-unsaturated/α-hetero) is 1. The third-order valence-electron chi connectivity index (χ3n) is 7.08. The van der Waals surface area contributed by atoms with Gasteiger partial charge in [-0.05, 0) is 44.4 Å². The van der Waals surface area contributed by atoms with Gasteiger partial charge in [-0.25, -0.2) is 0 Å². The van der Waals surface area contributed by atoms with Crippen molar-refractivity contribution in [3.63, 3.8) is 0 Å². The highest BCUT2D eigenvalue weighted by Gasteiger charge is 2.53. The van der Waals surface area contributed by atoms with Crippen molar-refractivity contribution in [2.24, 2.45) is 29.1 Å². The van der Waals surface area contributed by atoms with E-state index in [2.05, 4.69) is 24.4 Å². The van der Waals surface area contributed by atoms with E-state index in [1.807, 2.05) is 38.2 Å². The summed E-state index contributed by atoms with van der Waals surface area (Å²) < 4.78 is 0. The lowest BCUT2D eigenvalue weighted by atomic mass is 9.54. The van der Waals surface area contributed by atoms with Crippen LogP contribution in [0.25, 0.3) is 0 Å². The van der Waals surface area contributed by atoms with E-state index in [0.717, 1.165) is 19.3 Å². The average molecular weight is 400 g/mol. The molecule has 0 aromatic rings. The molecule has 0 aromatic heterocycles. The van der Waals surface area contributed by atoms with Crippen molar-refractivity contribution >= 4 is 11.7 Å². The second-order valence-electron chi connectivity index (χ2n) is 9.07. The minimum atomic E-state index is -1.01. The highest BCUT2D eigenvalue weighted by Crippen LogP contribution is 2.56. The summed E-state index contributed by atoms with van der Waals surface area (Å²) in [6, 6.07) is -0.999. The summed E-state index contributed by atoms with van der Waals surface area (Å²) in [5, 5.41) is 23.8. The molecule has 1 saturated heterocycles. The molecule has 29 heavy (non-hydrogen) atoms. The van der Waals surface area contributed by atoms with Crippen LogP contribution in [0.5, 0.6) is 0 Å². The Bertz CT molecular complexity index is 791. The smallest absolute Gasteiger partial charge is 0.259 e. The van der Waals surface area contributed by atoms with Gasteiger partial charge < -0.3 is 15.5 Å². The van der Waals surface area contributed by atoms with Gasteiger partial charge in [0.15, 0.2) is 5.78 Å². The average Bonchev–Trinajstić information content (AvgIpc) is 2.97. The van der Waals surface area contributed by atoms with E-state index in [-0.39, 0.29) is 23.2 Å². The molecule has 158 valence electrons. The summed E-state index contributed by atoms with van der Waals surface area (Å²) in [5.41, 5.74) is -0.941. The Balaban J connectivity index is 2.11. The lowest BCUT2D eigenvalue weighted by Crippen LogP contribution is -2.45. The molecular formula is C24H33NO4. The van der Waals surface area contributed by atoms with Crippen LogP contribution in [0.3, 0.4) is 0 Å². The molecule has 1 amide bonds. The second-order valence-corrected chi connectivity index (χ2v) is 9.07. The fourth-order valence-electron chi connectivity index (χ4n) is 5.36. The Morgan fingerprint density at radius 2 is 2.00 bits per heavy atom. The largest absolute Gasteiger partial charge is 0.511 e. The van der Waals surface area contributed by atoms with Crippen LogP contribution in [-0.2, 0) is 9.59 Å². The van der Waals surface area contributed by atoms with E-state index in [0.29, 0.717) is 11.8 Å². The van der Waals surface area contributed by atoms with Gasteiger partial charge in [0, 0.05) is 11.3 Å². The number of carbonyl (C=O) groups excluding carboxylic acids is 2. The van der Waals surface area contributed by atoms with Crippen LogP contribution in [0, 0.1) is 29.1 Å². The van der Waals surface area contributed by atoms with Gasteiger partial charge in [-0.3, -0.25) is 9.59 Å². The fraction of sp³-hybridized carbons (Fsp3) is 0.583. The molecule has 3 aliphatic rings. The number of allylic oxidation sites excluding steroid dienone is 7. The van der Waals surface area contributed by atoms with Crippen molar-refractivity contribution in [3.05, 3.63) is 47.8 Å². The standard InChI is InChI=1S/C24H33NO4/c1-5-6-7-8-17-11-10-16-13-14(2)9-12-18(16)24(17,4)22(28)19-21(27)20(15(3)26)25-23(19)29/h5-8,10-11,14-18,20,26,28H,9,12-13H2,1-4H3,(H,25,29)/b6-5+,8-7+,22-19?/t14-,15-,16-,17+,18+,20+,24+/m1/s1. The molecule has 1 heterocycles. The van der Waals surface area contributed by atoms with Crippen LogP contribution < -0.4 is 5.32 Å². The number of amides is 1. The first-order valence-electron chi connectivity index (χ1n) is 10.7. The summed E-state index contributed by atoms with van der Waals surface area (Å²) in [4.78, 5) is 25.5. The molecule has 0 aromatic carbocycles. The van der Waals surface area contributed by atoms with Crippen molar-refractivity contribution in [2.75, 3.05) is 0 Å². The lowest BCUT2D eigenvalue weighted by molar-refractivity contribution is -0.118. The van der Waals surface area contributed by atoms with Crippen molar-refractivity contribution < 1.29 is 19.8 Å². The first-order chi connectivity index (χ1) is 13.7. The summed E-state index contributed by atoms with van der Waals surface area (Å²) in [5.74, 6) is -0.306. The van der Waals surface area contributed by atoms with Crippen LogP contribution in [-0.4, -0.2) is 34.0 Å². The first kappa shape index (κ1) is 21.6. The molecule has 1 saturated carbocycles. The van der Waals surface area contributed by atoms with Gasteiger partial charge in [0.05, 0.1) is 6.10 Å². The van der Waals surface area contributed by atoms with Crippen LogP contribution in [0.15, 0.2) is 47.8 Å². The van der Waals surface area contributed by atoms with Crippen molar-refractivity contribution in [1.82, 2.24) is 5.32 Å². The van der Waals surface area contributed by atoms with Gasteiger partial charge in [-0.1, -0.05) is 56.7 Å². The summed E-state index contributed by atoms with van der Waals surface area (Å²) in [6.45, 7) is 7.64. The number of carbonyl (C=O) groups is 2. The number of hydrogen-bond donors (Lipinski definition) is 3. The van der Waals surface area contributed by atoms with E-state index in [1.165, 1.54) is 6.92 Å². The Kier molecular flexibility index (Phi) is 6.18. The molecule has 3 N–H and O–H groups in total. The summed E-state index contributed by atoms with van der Waals surface area (Å²) >= 11 is 0. The Morgan fingerprint density at radius 3 is 2.62 bits per heavy atom. The molecule has 0 bridgehead atoms. The van der Waals surface area contributed by atoms with Crippen molar-refractivity contribution in [2.45, 2.75) is 59.1 Å². The number of ketones is 1. The zero-order valence-corrected chi connectivity index (χ0v) is 17.8. The van der Waals surface area contributed by atoms with Gasteiger partial charge in [-0.15, -0.1) is 0 Å². The first-order valence-corrected chi connectivity index (χ1v) is 10.7. The summed E-state index contributed by atoms with van der Waals surface area (Å²) in [6.07, 6.45) is 14.2. The molecule has 5 heteroatoms. The molecular weight excluding hydrogens is 366 g/mol. The minimum Gasteiger partial charge on any atom is -0.511 e. The number of rotatable bonds is 4. The van der Waals surface area contributed by atoms with Crippen LogP contribution in [0.1, 0.15) is 47.0 Å². The van der Waals surface area contributed by atoms with E-state index in [4.69, 9.17) is 0 Å². The fourth-order valence-corrected chi connectivity index (χ4v) is 5.36. The number of fused-ring (bicyclic) bond motifs is 1. The number of aliphatic hydroxyl groups is 2. The molecule has 5 nitrogen and oxygen atoms in total. The predicted molar refractivity (Wildman–Crippen MR) is 113 cm³/mol. The Hall–Kier alpha value is -2.14. The van der Waals surface area contributed by atoms with Gasteiger partial charge >= 0.3 is 0 Å². The molecule has 0 spiro atoms. The van der Waals surface area contributed by atoms with E-state index < -0.39 is 29.3 Å². The van der Waals surface area contributed by atoms with Crippen molar-refractivity contribution in [1.29, 1.82) is 0 Å². The second kappa shape index (κ2) is 8.31. The van der Waals surface area contributed by atoms with E-state index >= 15 is 0 Å². The number of aliphatic hydroxyl groups excluding tert-OH is 2. The predicted octanol–water partition coefficient (Wildman–Crippen LogP) is 3.62. The zero-order valence-electron chi connectivity index (χ0n) is 17.8. The van der Waals surface area contributed by atoms with Crippen molar-refractivity contribution in [3.8, 4) is 0 Å². The highest BCUT2D eigenvalue weighted by molar-refractivity contribution is 6.27. The maximum atomic E-state index is 12.9. The molecule has 3 rings (SSSR count). The third kappa shape index (κ3) is 3.73. The van der Waals surface area contributed by atoms with Crippen LogP contribution in [0.4, 0.5) is 0 Å². The van der Waals surface area contributed by atoms with Crippen LogP contribution >= 0.6 is 0 Å². The monoisotopic (exact) mass is 399 g/mol.